The molecule has 0 bridgehead atoms. The fourth-order valence-corrected chi connectivity index (χ4v) is 4.01. The predicted molar refractivity (Wildman–Crippen MR) is 82.8 cm³/mol. The van der Waals surface area contributed by atoms with Gasteiger partial charge in [-0.15, -0.1) is 0 Å². The second-order valence-corrected chi connectivity index (χ2v) is 8.05. The number of halogens is 2. The standard InChI is InChI=1S/C12H14BrClN2O3S/c13-12-9(14)2-1-3-10(12)16-11(17)6-8-7-20(18,19)5-4-15-8/h1-3,8,15H,4-7H2,(H,16,17). The number of carbonyl (C=O) groups is 1. The smallest absolute Gasteiger partial charge is 0.226 e. The first-order valence-corrected chi connectivity index (χ1v) is 9.04. The first-order valence-electron chi connectivity index (χ1n) is 6.05. The van der Waals surface area contributed by atoms with E-state index in [4.69, 9.17) is 11.6 Å². The third-order valence-corrected chi connectivity index (χ3v) is 6.09. The molecule has 1 heterocycles. The van der Waals surface area contributed by atoms with Gasteiger partial charge >= 0.3 is 0 Å². The molecule has 8 heteroatoms. The van der Waals surface area contributed by atoms with Crippen LogP contribution >= 0.6 is 27.5 Å². The van der Waals surface area contributed by atoms with Crippen LogP contribution in [0.1, 0.15) is 6.42 Å². The SMILES string of the molecule is O=C(CC1CS(=O)(=O)CCN1)Nc1cccc(Cl)c1Br. The van der Waals surface area contributed by atoms with Gasteiger partial charge in [-0.3, -0.25) is 4.79 Å². The van der Waals surface area contributed by atoms with Gasteiger partial charge in [-0.25, -0.2) is 8.42 Å². The number of hydrogen-bond acceptors (Lipinski definition) is 4. The molecular formula is C12H14BrClN2O3S. The summed E-state index contributed by atoms with van der Waals surface area (Å²) in [6.45, 7) is 0.390. The fourth-order valence-electron chi connectivity index (χ4n) is 2.02. The molecule has 0 radical (unpaired) electrons. The molecule has 0 saturated carbocycles. The summed E-state index contributed by atoms with van der Waals surface area (Å²) in [6, 6.07) is 4.81. The van der Waals surface area contributed by atoms with Gasteiger partial charge in [0.2, 0.25) is 5.91 Å². The van der Waals surface area contributed by atoms with Crippen molar-refractivity contribution < 1.29 is 13.2 Å². The monoisotopic (exact) mass is 380 g/mol. The van der Waals surface area contributed by atoms with E-state index in [1.54, 1.807) is 18.2 Å². The normalized spacial score (nSPS) is 21.4. The largest absolute Gasteiger partial charge is 0.325 e. The molecule has 1 aliphatic heterocycles. The molecule has 110 valence electrons. The van der Waals surface area contributed by atoms with Crippen molar-refractivity contribution in [3.63, 3.8) is 0 Å². The second-order valence-electron chi connectivity index (χ2n) is 4.62. The molecule has 1 saturated heterocycles. The Hall–Kier alpha value is -0.630. The summed E-state index contributed by atoms with van der Waals surface area (Å²) in [5.41, 5.74) is 0.571. The van der Waals surface area contributed by atoms with Crippen LogP contribution < -0.4 is 10.6 Å². The average molecular weight is 382 g/mol. The van der Waals surface area contributed by atoms with E-state index < -0.39 is 9.84 Å². The highest BCUT2D eigenvalue weighted by Gasteiger charge is 2.26. The van der Waals surface area contributed by atoms with Gasteiger partial charge in [0.25, 0.3) is 0 Å². The summed E-state index contributed by atoms with van der Waals surface area (Å²) >= 11 is 9.23. The Morgan fingerprint density at radius 2 is 2.25 bits per heavy atom. The van der Waals surface area contributed by atoms with Gasteiger partial charge in [-0.05, 0) is 28.1 Å². The third kappa shape index (κ3) is 4.18. The summed E-state index contributed by atoms with van der Waals surface area (Å²) < 4.78 is 23.6. The minimum absolute atomic E-state index is 0.00284. The minimum Gasteiger partial charge on any atom is -0.325 e. The average Bonchev–Trinajstić information content (AvgIpc) is 2.33. The third-order valence-electron chi connectivity index (χ3n) is 2.96. The van der Waals surface area contributed by atoms with E-state index >= 15 is 0 Å². The maximum Gasteiger partial charge on any atom is 0.226 e. The number of sulfone groups is 1. The van der Waals surface area contributed by atoms with Crippen LogP contribution in [-0.2, 0) is 14.6 Å². The van der Waals surface area contributed by atoms with Crippen molar-refractivity contribution in [3.8, 4) is 0 Å². The predicted octanol–water partition coefficient (Wildman–Crippen LogP) is 1.82. The number of anilines is 1. The highest BCUT2D eigenvalue weighted by molar-refractivity contribution is 9.10. The molecule has 1 unspecified atom stereocenters. The minimum atomic E-state index is -3.04. The Morgan fingerprint density at radius 1 is 1.50 bits per heavy atom. The molecule has 0 aromatic heterocycles. The van der Waals surface area contributed by atoms with E-state index in [0.717, 1.165) is 0 Å². The van der Waals surface area contributed by atoms with Crippen molar-refractivity contribution in [2.24, 2.45) is 0 Å². The molecule has 20 heavy (non-hydrogen) atoms. The maximum absolute atomic E-state index is 11.9. The van der Waals surface area contributed by atoms with E-state index in [2.05, 4.69) is 26.6 Å². The number of amides is 1. The van der Waals surface area contributed by atoms with Crippen molar-refractivity contribution in [3.05, 3.63) is 27.7 Å². The van der Waals surface area contributed by atoms with Gasteiger partial charge < -0.3 is 10.6 Å². The van der Waals surface area contributed by atoms with E-state index in [9.17, 15) is 13.2 Å². The fraction of sp³-hybridized carbons (Fsp3) is 0.417. The molecule has 2 rings (SSSR count). The Kier molecular flexibility index (Phi) is 5.06. The Balaban J connectivity index is 1.97. The van der Waals surface area contributed by atoms with Crippen molar-refractivity contribution in [1.29, 1.82) is 0 Å². The zero-order valence-corrected chi connectivity index (χ0v) is 13.7. The lowest BCUT2D eigenvalue weighted by Crippen LogP contribution is -2.46. The first-order chi connectivity index (χ1) is 9.37. The molecule has 1 atom stereocenters. The number of nitrogens with one attached hydrogen (secondary N) is 2. The molecule has 2 N–H and O–H groups in total. The van der Waals surface area contributed by atoms with Crippen LogP contribution in [-0.4, -0.2) is 38.4 Å². The molecule has 1 amide bonds. The number of carbonyl (C=O) groups excluding carboxylic acids is 1. The summed E-state index contributed by atoms with van der Waals surface area (Å²) in [6.07, 6.45) is 0.109. The zero-order chi connectivity index (χ0) is 14.8. The van der Waals surface area contributed by atoms with Gasteiger partial charge in [-0.2, -0.15) is 0 Å². The maximum atomic E-state index is 11.9. The highest BCUT2D eigenvalue weighted by Crippen LogP contribution is 2.30. The van der Waals surface area contributed by atoms with Crippen LogP contribution in [0, 0.1) is 0 Å². The van der Waals surface area contributed by atoms with E-state index in [1.807, 2.05) is 0 Å². The van der Waals surface area contributed by atoms with Gasteiger partial charge in [0.15, 0.2) is 9.84 Å². The zero-order valence-electron chi connectivity index (χ0n) is 10.5. The highest BCUT2D eigenvalue weighted by atomic mass is 79.9. The number of benzene rings is 1. The van der Waals surface area contributed by atoms with Gasteiger partial charge in [0, 0.05) is 19.0 Å². The summed E-state index contributed by atoms with van der Waals surface area (Å²) in [4.78, 5) is 11.9. The molecule has 0 spiro atoms. The van der Waals surface area contributed by atoms with Crippen molar-refractivity contribution >= 4 is 49.0 Å². The quantitative estimate of drug-likeness (QED) is 0.837. The molecular weight excluding hydrogens is 368 g/mol. The lowest BCUT2D eigenvalue weighted by atomic mass is 10.2. The lowest BCUT2D eigenvalue weighted by molar-refractivity contribution is -0.116. The van der Waals surface area contributed by atoms with E-state index in [0.29, 0.717) is 21.7 Å². The topological polar surface area (TPSA) is 75.3 Å². The van der Waals surface area contributed by atoms with Crippen molar-refractivity contribution in [1.82, 2.24) is 5.32 Å². The number of rotatable bonds is 3. The van der Waals surface area contributed by atoms with E-state index in [-0.39, 0.29) is 29.9 Å². The van der Waals surface area contributed by atoms with Crippen LogP contribution in [0.5, 0.6) is 0 Å². The summed E-state index contributed by atoms with van der Waals surface area (Å²) in [5.74, 6) is -0.121. The molecule has 1 aromatic carbocycles. The molecule has 1 aromatic rings. The lowest BCUT2D eigenvalue weighted by Gasteiger charge is -2.23. The molecule has 1 aliphatic rings. The molecule has 5 nitrogen and oxygen atoms in total. The van der Waals surface area contributed by atoms with Crippen molar-refractivity contribution in [2.75, 3.05) is 23.4 Å². The summed E-state index contributed by atoms with van der Waals surface area (Å²) in [5, 5.41) is 6.26. The molecule has 1 fully saturated rings. The van der Waals surface area contributed by atoms with E-state index in [1.165, 1.54) is 0 Å². The van der Waals surface area contributed by atoms with Gasteiger partial charge in [0.1, 0.15) is 0 Å². The van der Waals surface area contributed by atoms with Crippen LogP contribution in [0.3, 0.4) is 0 Å². The van der Waals surface area contributed by atoms with Crippen LogP contribution in [0.4, 0.5) is 5.69 Å². The van der Waals surface area contributed by atoms with Crippen LogP contribution in [0.25, 0.3) is 0 Å². The summed E-state index contributed by atoms with van der Waals surface area (Å²) in [7, 11) is -3.04. The van der Waals surface area contributed by atoms with Crippen LogP contribution in [0.15, 0.2) is 22.7 Å². The Labute approximate surface area is 131 Å². The van der Waals surface area contributed by atoms with Gasteiger partial charge in [-0.1, -0.05) is 17.7 Å². The van der Waals surface area contributed by atoms with Crippen LogP contribution in [0.2, 0.25) is 5.02 Å². The van der Waals surface area contributed by atoms with Crippen molar-refractivity contribution in [2.45, 2.75) is 12.5 Å². The number of hydrogen-bond donors (Lipinski definition) is 2. The van der Waals surface area contributed by atoms with Gasteiger partial charge in [0.05, 0.1) is 26.7 Å². The molecule has 0 aliphatic carbocycles. The Morgan fingerprint density at radius 3 is 2.95 bits per heavy atom. The Bertz CT molecular complexity index is 621. The second kappa shape index (κ2) is 6.43. The first kappa shape index (κ1) is 15.8.